The second kappa shape index (κ2) is 7.16. The van der Waals surface area contributed by atoms with E-state index in [1.165, 1.54) is 5.69 Å². The van der Waals surface area contributed by atoms with Crippen molar-refractivity contribution >= 4 is 5.69 Å². The lowest BCUT2D eigenvalue weighted by Gasteiger charge is -2.35. The molecule has 1 saturated heterocycles. The number of rotatable bonds is 5. The molecule has 0 aromatic heterocycles. The molecule has 102 valence electrons. The fourth-order valence-electron chi connectivity index (χ4n) is 2.71. The fraction of sp³-hybridized carbons (Fsp3) is 0.562. The summed E-state index contributed by atoms with van der Waals surface area (Å²) < 4.78 is 0. The van der Waals surface area contributed by atoms with E-state index in [-0.39, 0.29) is 0 Å². The fourth-order valence-corrected chi connectivity index (χ4v) is 2.71. The molecule has 1 fully saturated rings. The number of hydrogen-bond donors (Lipinski definition) is 1. The number of para-hydroxylation sites is 1. The number of anilines is 1. The first kappa shape index (κ1) is 13.9. The lowest BCUT2D eigenvalue weighted by atomic mass is 10.0. The first-order chi connectivity index (χ1) is 9.33. The van der Waals surface area contributed by atoms with Crippen LogP contribution in [0.1, 0.15) is 32.6 Å². The Morgan fingerprint density at radius 3 is 2.58 bits per heavy atom. The Labute approximate surface area is 116 Å². The van der Waals surface area contributed by atoms with Crippen LogP contribution in [0, 0.1) is 11.3 Å². The largest absolute Gasteiger partial charge is 0.371 e. The van der Waals surface area contributed by atoms with Crippen molar-refractivity contribution in [2.45, 2.75) is 44.7 Å². The van der Waals surface area contributed by atoms with E-state index in [4.69, 9.17) is 5.26 Å². The molecule has 2 rings (SSSR count). The summed E-state index contributed by atoms with van der Waals surface area (Å²) in [4.78, 5) is 2.45. The maximum absolute atomic E-state index is 8.79. The molecule has 1 aromatic rings. The molecule has 0 spiro atoms. The smallest absolute Gasteiger partial charge is 0.0638 e. The standard InChI is InChI=1S/C16H23N3/c1-2-14(8-11-17)18-15-9-12-19(13-10-15)16-6-4-3-5-7-16/h3-7,14-15,18H,2,8-10,12-13H2,1H3. The van der Waals surface area contributed by atoms with E-state index < -0.39 is 0 Å². The quantitative estimate of drug-likeness (QED) is 0.881. The van der Waals surface area contributed by atoms with Crippen LogP contribution in [0.5, 0.6) is 0 Å². The Kier molecular flexibility index (Phi) is 5.23. The molecule has 0 radical (unpaired) electrons. The van der Waals surface area contributed by atoms with Gasteiger partial charge in [-0.05, 0) is 31.4 Å². The first-order valence-corrected chi connectivity index (χ1v) is 7.26. The molecule has 1 heterocycles. The molecule has 0 amide bonds. The van der Waals surface area contributed by atoms with Crippen LogP contribution in [-0.2, 0) is 0 Å². The van der Waals surface area contributed by atoms with Gasteiger partial charge in [0.1, 0.15) is 0 Å². The molecule has 0 bridgehead atoms. The zero-order valence-corrected chi connectivity index (χ0v) is 11.7. The number of nitrogens with one attached hydrogen (secondary N) is 1. The van der Waals surface area contributed by atoms with Crippen molar-refractivity contribution in [3.63, 3.8) is 0 Å². The molecule has 1 aliphatic heterocycles. The molecule has 1 aromatic carbocycles. The van der Waals surface area contributed by atoms with Gasteiger partial charge >= 0.3 is 0 Å². The zero-order valence-electron chi connectivity index (χ0n) is 11.7. The van der Waals surface area contributed by atoms with Crippen molar-refractivity contribution < 1.29 is 0 Å². The average molecular weight is 257 g/mol. The molecule has 3 nitrogen and oxygen atoms in total. The van der Waals surface area contributed by atoms with Crippen LogP contribution in [0.2, 0.25) is 0 Å². The number of nitriles is 1. The lowest BCUT2D eigenvalue weighted by Crippen LogP contribution is -2.46. The topological polar surface area (TPSA) is 39.1 Å². The Balaban J connectivity index is 1.81. The van der Waals surface area contributed by atoms with Crippen molar-refractivity contribution in [1.82, 2.24) is 5.32 Å². The van der Waals surface area contributed by atoms with E-state index in [1.54, 1.807) is 0 Å². The van der Waals surface area contributed by atoms with E-state index in [0.717, 1.165) is 32.4 Å². The van der Waals surface area contributed by atoms with Gasteiger partial charge < -0.3 is 10.2 Å². The summed E-state index contributed by atoms with van der Waals surface area (Å²) in [7, 11) is 0. The number of hydrogen-bond acceptors (Lipinski definition) is 3. The highest BCUT2D eigenvalue weighted by molar-refractivity contribution is 5.46. The summed E-state index contributed by atoms with van der Waals surface area (Å²) in [6.07, 6.45) is 3.98. The summed E-state index contributed by atoms with van der Waals surface area (Å²) in [5.41, 5.74) is 1.32. The van der Waals surface area contributed by atoms with Crippen molar-refractivity contribution in [2.24, 2.45) is 0 Å². The monoisotopic (exact) mass is 257 g/mol. The lowest BCUT2D eigenvalue weighted by molar-refractivity contribution is 0.361. The molecule has 1 unspecified atom stereocenters. The highest BCUT2D eigenvalue weighted by Gasteiger charge is 2.21. The zero-order chi connectivity index (χ0) is 13.5. The molecular formula is C16H23N3. The summed E-state index contributed by atoms with van der Waals surface area (Å²) >= 11 is 0. The van der Waals surface area contributed by atoms with Crippen LogP contribution in [0.3, 0.4) is 0 Å². The van der Waals surface area contributed by atoms with Gasteiger partial charge in [0.2, 0.25) is 0 Å². The van der Waals surface area contributed by atoms with Crippen molar-refractivity contribution in [2.75, 3.05) is 18.0 Å². The van der Waals surface area contributed by atoms with Crippen molar-refractivity contribution in [3.8, 4) is 6.07 Å². The number of benzene rings is 1. The molecule has 1 atom stereocenters. The van der Waals surface area contributed by atoms with E-state index in [9.17, 15) is 0 Å². The minimum Gasteiger partial charge on any atom is -0.371 e. The summed E-state index contributed by atoms with van der Waals surface area (Å²) in [6, 6.07) is 13.8. The van der Waals surface area contributed by atoms with Gasteiger partial charge in [-0.25, -0.2) is 0 Å². The minimum atomic E-state index is 0.360. The van der Waals surface area contributed by atoms with Crippen molar-refractivity contribution in [1.29, 1.82) is 5.26 Å². The van der Waals surface area contributed by atoms with Gasteiger partial charge in [-0.2, -0.15) is 5.26 Å². The Morgan fingerprint density at radius 2 is 2.00 bits per heavy atom. The van der Waals surface area contributed by atoms with E-state index in [2.05, 4.69) is 53.5 Å². The van der Waals surface area contributed by atoms with Gasteiger partial charge in [0.15, 0.2) is 0 Å². The van der Waals surface area contributed by atoms with Crippen molar-refractivity contribution in [3.05, 3.63) is 30.3 Å². The van der Waals surface area contributed by atoms with E-state index in [1.807, 2.05) is 0 Å². The molecule has 0 saturated carbocycles. The molecule has 19 heavy (non-hydrogen) atoms. The normalized spacial score (nSPS) is 18.0. The summed E-state index contributed by atoms with van der Waals surface area (Å²) in [5, 5.41) is 12.4. The predicted molar refractivity (Wildman–Crippen MR) is 79.1 cm³/mol. The number of piperidine rings is 1. The van der Waals surface area contributed by atoms with Crippen LogP contribution in [-0.4, -0.2) is 25.2 Å². The predicted octanol–water partition coefficient (Wildman–Crippen LogP) is 2.94. The molecule has 0 aliphatic carbocycles. The molecule has 3 heteroatoms. The molecular weight excluding hydrogens is 234 g/mol. The highest BCUT2D eigenvalue weighted by atomic mass is 15.1. The van der Waals surface area contributed by atoms with Gasteiger partial charge in [0.25, 0.3) is 0 Å². The summed E-state index contributed by atoms with van der Waals surface area (Å²) in [6.45, 7) is 4.35. The average Bonchev–Trinajstić information content (AvgIpc) is 2.48. The van der Waals surface area contributed by atoms with Crippen LogP contribution < -0.4 is 10.2 Å². The summed E-state index contributed by atoms with van der Waals surface area (Å²) in [5.74, 6) is 0. The van der Waals surface area contributed by atoms with Gasteiger partial charge in [-0.1, -0.05) is 25.1 Å². The van der Waals surface area contributed by atoms with Gasteiger partial charge in [-0.3, -0.25) is 0 Å². The second-order valence-corrected chi connectivity index (χ2v) is 5.23. The maximum atomic E-state index is 8.79. The van der Waals surface area contributed by atoms with E-state index in [0.29, 0.717) is 18.5 Å². The highest BCUT2D eigenvalue weighted by Crippen LogP contribution is 2.20. The third-order valence-corrected chi connectivity index (χ3v) is 3.92. The Bertz CT molecular complexity index is 402. The molecule has 1 N–H and O–H groups in total. The third-order valence-electron chi connectivity index (χ3n) is 3.92. The minimum absolute atomic E-state index is 0.360. The van der Waals surface area contributed by atoms with Crippen LogP contribution in [0.25, 0.3) is 0 Å². The van der Waals surface area contributed by atoms with Gasteiger partial charge in [-0.15, -0.1) is 0 Å². The van der Waals surface area contributed by atoms with Crippen LogP contribution in [0.4, 0.5) is 5.69 Å². The Hall–Kier alpha value is -1.53. The first-order valence-electron chi connectivity index (χ1n) is 7.26. The van der Waals surface area contributed by atoms with Crippen LogP contribution in [0.15, 0.2) is 30.3 Å². The third kappa shape index (κ3) is 3.97. The van der Waals surface area contributed by atoms with Gasteiger partial charge in [0, 0.05) is 30.9 Å². The second-order valence-electron chi connectivity index (χ2n) is 5.23. The SMILES string of the molecule is CCC(CC#N)NC1CCN(c2ccccc2)CC1. The van der Waals surface area contributed by atoms with E-state index >= 15 is 0 Å². The molecule has 1 aliphatic rings. The van der Waals surface area contributed by atoms with Gasteiger partial charge in [0.05, 0.1) is 12.5 Å². The Morgan fingerprint density at radius 1 is 1.32 bits per heavy atom. The number of nitrogens with zero attached hydrogens (tertiary/aromatic N) is 2. The maximum Gasteiger partial charge on any atom is 0.0638 e. The van der Waals surface area contributed by atoms with Crippen LogP contribution >= 0.6 is 0 Å².